The summed E-state index contributed by atoms with van der Waals surface area (Å²) in [6, 6.07) is 10.9. The lowest BCUT2D eigenvalue weighted by Gasteiger charge is -2.42. The molecule has 1 fully saturated rings. The summed E-state index contributed by atoms with van der Waals surface area (Å²) in [6.45, 7) is 10.4. The average Bonchev–Trinajstić information content (AvgIpc) is 3.09. The maximum atomic E-state index is 14.5. The van der Waals surface area contributed by atoms with Crippen LogP contribution in [0.5, 0.6) is 5.75 Å². The largest absolute Gasteiger partial charge is 0.497 e. The first-order chi connectivity index (χ1) is 25.8. The molecule has 1 saturated heterocycles. The molecule has 2 atom stereocenters. The summed E-state index contributed by atoms with van der Waals surface area (Å²) in [5.74, 6) is -1.75. The molecule has 17 heteroatoms. The molecule has 0 radical (unpaired) electrons. The third-order valence-electron chi connectivity index (χ3n) is 7.93. The predicted octanol–water partition coefficient (Wildman–Crippen LogP) is 3.02. The molecule has 17 nitrogen and oxygen atoms in total. The number of carbonyl (C=O) groups excluding carboxylic acids is 6. The van der Waals surface area contributed by atoms with Gasteiger partial charge in [-0.25, -0.2) is 14.6 Å². The Kier molecular flexibility index (Phi) is 15.4. The standard InChI is InChI=1S/C38H53N7O10/c1-37(2,3)54-30(46)23-44-20-21-45(29(33(44)49)10-9-19-40-35(50)55-38(4,5)6)32(48)28(22-24-11-17-27(52-7)18-12-24)42-31(47)25-13-15-26(16-14-25)41-34(39)43-36(51)53-8/h11-18,28-29H,9-10,19-23H2,1-8H3,(H,40,50)(H,42,47)(H3,39,41,43,51). The minimum atomic E-state index is -1.12. The van der Waals surface area contributed by atoms with Crippen LogP contribution < -0.4 is 26.4 Å². The van der Waals surface area contributed by atoms with Crippen molar-refractivity contribution >= 4 is 47.5 Å². The summed E-state index contributed by atoms with van der Waals surface area (Å²) >= 11 is 0. The summed E-state index contributed by atoms with van der Waals surface area (Å²) in [6.07, 6.45) is -0.902. The van der Waals surface area contributed by atoms with Crippen molar-refractivity contribution in [2.45, 2.75) is 84.1 Å². The van der Waals surface area contributed by atoms with Gasteiger partial charge in [-0.1, -0.05) is 12.1 Å². The van der Waals surface area contributed by atoms with Crippen molar-refractivity contribution in [1.29, 1.82) is 0 Å². The highest BCUT2D eigenvalue weighted by atomic mass is 16.6. The Morgan fingerprint density at radius 2 is 1.53 bits per heavy atom. The van der Waals surface area contributed by atoms with Crippen LogP contribution in [0.1, 0.15) is 70.3 Å². The summed E-state index contributed by atoms with van der Waals surface area (Å²) in [5.41, 5.74) is 5.51. The van der Waals surface area contributed by atoms with Gasteiger partial charge in [0.25, 0.3) is 5.91 Å². The molecular formula is C38H53N7O10. The van der Waals surface area contributed by atoms with E-state index >= 15 is 0 Å². The number of carbonyl (C=O) groups is 6. The van der Waals surface area contributed by atoms with E-state index in [1.165, 1.54) is 48.3 Å². The van der Waals surface area contributed by atoms with Crippen molar-refractivity contribution in [3.8, 4) is 5.75 Å². The number of piperazine rings is 1. The van der Waals surface area contributed by atoms with E-state index in [0.717, 1.165) is 0 Å². The number of benzene rings is 2. The molecule has 1 aliphatic rings. The van der Waals surface area contributed by atoms with Crippen molar-refractivity contribution in [2.75, 3.05) is 40.4 Å². The van der Waals surface area contributed by atoms with Gasteiger partial charge in [0.2, 0.25) is 17.8 Å². The van der Waals surface area contributed by atoms with E-state index in [-0.39, 0.29) is 50.5 Å². The number of nitrogens with one attached hydrogen (secondary N) is 3. The van der Waals surface area contributed by atoms with Crippen LogP contribution in [0.2, 0.25) is 0 Å². The molecule has 5 amide bonds. The molecular weight excluding hydrogens is 714 g/mol. The van der Waals surface area contributed by atoms with Crippen LogP contribution in [0.15, 0.2) is 53.5 Å². The SMILES string of the molecule is COC(=O)NC(N)=Nc1ccc(C(=O)NC(Cc2ccc(OC)cc2)C(=O)N2CCN(CC(=O)OC(C)(C)C)C(=O)C2CCCNC(=O)OC(C)(C)C)cc1. The molecule has 0 aliphatic carbocycles. The summed E-state index contributed by atoms with van der Waals surface area (Å²) in [4.78, 5) is 85.4. The smallest absolute Gasteiger partial charge is 0.413 e. The molecule has 3 rings (SSSR count). The molecule has 1 heterocycles. The fourth-order valence-electron chi connectivity index (χ4n) is 5.52. The Bertz CT molecular complexity index is 1700. The van der Waals surface area contributed by atoms with E-state index in [9.17, 15) is 28.8 Å². The second kappa shape index (κ2) is 19.5. The number of amides is 5. The minimum Gasteiger partial charge on any atom is -0.497 e. The second-order valence-corrected chi connectivity index (χ2v) is 14.7. The van der Waals surface area contributed by atoms with Gasteiger partial charge >= 0.3 is 18.2 Å². The third kappa shape index (κ3) is 14.5. The summed E-state index contributed by atoms with van der Waals surface area (Å²) in [7, 11) is 2.71. The van der Waals surface area contributed by atoms with Crippen molar-refractivity contribution in [1.82, 2.24) is 25.8 Å². The topological polar surface area (TPSA) is 220 Å². The number of hydrogen-bond acceptors (Lipinski definition) is 11. The monoisotopic (exact) mass is 767 g/mol. The Morgan fingerprint density at radius 1 is 0.891 bits per heavy atom. The normalized spacial score (nSPS) is 15.4. The highest BCUT2D eigenvalue weighted by Crippen LogP contribution is 2.21. The van der Waals surface area contributed by atoms with Gasteiger partial charge in [0.05, 0.1) is 19.9 Å². The number of hydrogen-bond donors (Lipinski definition) is 4. The molecule has 2 aromatic carbocycles. The molecule has 300 valence electrons. The zero-order valence-electron chi connectivity index (χ0n) is 32.7. The molecule has 0 saturated carbocycles. The van der Waals surface area contributed by atoms with E-state index in [1.807, 2.05) is 0 Å². The maximum absolute atomic E-state index is 14.5. The fourth-order valence-corrected chi connectivity index (χ4v) is 5.52. The number of nitrogens with two attached hydrogens (primary N) is 1. The number of methoxy groups -OCH3 is 2. The summed E-state index contributed by atoms with van der Waals surface area (Å²) < 4.78 is 20.5. The quantitative estimate of drug-likeness (QED) is 0.0763. The Hall–Kier alpha value is -5.87. The van der Waals surface area contributed by atoms with Crippen LogP contribution in [0.25, 0.3) is 0 Å². The van der Waals surface area contributed by atoms with Crippen LogP contribution in [0, 0.1) is 0 Å². The number of alkyl carbamates (subject to hydrolysis) is 2. The molecule has 0 spiro atoms. The first-order valence-corrected chi connectivity index (χ1v) is 17.8. The second-order valence-electron chi connectivity index (χ2n) is 14.7. The molecule has 0 aromatic heterocycles. The maximum Gasteiger partial charge on any atom is 0.413 e. The first kappa shape index (κ1) is 43.5. The zero-order valence-corrected chi connectivity index (χ0v) is 32.7. The number of aliphatic imine (C=N–C) groups is 1. The highest BCUT2D eigenvalue weighted by Gasteiger charge is 2.41. The molecule has 0 bridgehead atoms. The number of rotatable bonds is 13. The van der Waals surface area contributed by atoms with Crippen molar-refractivity contribution in [2.24, 2.45) is 10.7 Å². The number of guanidine groups is 1. The zero-order chi connectivity index (χ0) is 40.9. The molecule has 55 heavy (non-hydrogen) atoms. The van der Waals surface area contributed by atoms with Crippen LogP contribution >= 0.6 is 0 Å². The van der Waals surface area contributed by atoms with Gasteiger partial charge in [0.15, 0.2) is 0 Å². The third-order valence-corrected chi connectivity index (χ3v) is 7.93. The Labute approximate surface area is 321 Å². The number of nitrogens with zero attached hydrogens (tertiary/aromatic N) is 3. The summed E-state index contributed by atoms with van der Waals surface area (Å²) in [5, 5.41) is 7.75. The lowest BCUT2D eigenvalue weighted by atomic mass is 9.99. The van der Waals surface area contributed by atoms with E-state index in [2.05, 4.69) is 25.7 Å². The number of ether oxygens (including phenoxy) is 4. The molecule has 2 aromatic rings. The van der Waals surface area contributed by atoms with Gasteiger partial charge in [-0.3, -0.25) is 24.5 Å². The van der Waals surface area contributed by atoms with Crippen LogP contribution in [0.3, 0.4) is 0 Å². The van der Waals surface area contributed by atoms with Gasteiger partial charge in [-0.2, -0.15) is 0 Å². The number of esters is 1. The Balaban J connectivity index is 1.88. The lowest BCUT2D eigenvalue weighted by molar-refractivity contribution is -0.163. The van der Waals surface area contributed by atoms with Crippen molar-refractivity contribution in [3.63, 3.8) is 0 Å². The van der Waals surface area contributed by atoms with Gasteiger partial charge in [-0.05, 0) is 96.3 Å². The molecule has 5 N–H and O–H groups in total. The molecule has 1 aliphatic heterocycles. The lowest BCUT2D eigenvalue weighted by Crippen LogP contribution is -2.63. The van der Waals surface area contributed by atoms with Gasteiger partial charge in [0, 0.05) is 31.6 Å². The van der Waals surface area contributed by atoms with Crippen LogP contribution in [0.4, 0.5) is 15.3 Å². The average molecular weight is 768 g/mol. The van der Waals surface area contributed by atoms with E-state index < -0.39 is 59.2 Å². The Morgan fingerprint density at radius 3 is 2.11 bits per heavy atom. The van der Waals surface area contributed by atoms with Crippen molar-refractivity contribution in [3.05, 3.63) is 59.7 Å². The minimum absolute atomic E-state index is 0.0512. The highest BCUT2D eigenvalue weighted by molar-refractivity contribution is 5.99. The van der Waals surface area contributed by atoms with Gasteiger partial charge in [0.1, 0.15) is 35.6 Å². The van der Waals surface area contributed by atoms with E-state index in [4.69, 9.17) is 19.9 Å². The first-order valence-electron chi connectivity index (χ1n) is 17.8. The fraction of sp³-hybridized carbons (Fsp3) is 0.500. The predicted molar refractivity (Wildman–Crippen MR) is 203 cm³/mol. The van der Waals surface area contributed by atoms with Crippen LogP contribution in [-0.2, 0) is 35.0 Å². The van der Waals surface area contributed by atoms with Crippen LogP contribution in [-0.4, -0.2) is 115 Å². The van der Waals surface area contributed by atoms with Gasteiger partial charge < -0.3 is 45.1 Å². The molecule has 2 unspecified atom stereocenters. The van der Waals surface area contributed by atoms with Crippen molar-refractivity contribution < 1.29 is 47.7 Å². The van der Waals surface area contributed by atoms with E-state index in [0.29, 0.717) is 23.4 Å². The van der Waals surface area contributed by atoms with E-state index in [1.54, 1.807) is 65.8 Å². The van der Waals surface area contributed by atoms with Gasteiger partial charge in [-0.15, -0.1) is 0 Å².